The molecule has 1 amide bonds. The van der Waals surface area contributed by atoms with Crippen LogP contribution in [0.5, 0.6) is 5.75 Å². The van der Waals surface area contributed by atoms with Gasteiger partial charge < -0.3 is 23.6 Å². The lowest BCUT2D eigenvalue weighted by Crippen LogP contribution is -2.41. The molecule has 2 aliphatic heterocycles. The van der Waals surface area contributed by atoms with Gasteiger partial charge in [-0.1, -0.05) is 48.6 Å². The average molecular weight is 584 g/mol. The Morgan fingerprint density at radius 2 is 1.86 bits per heavy atom. The van der Waals surface area contributed by atoms with Gasteiger partial charge in [-0.05, 0) is 48.1 Å². The Labute approximate surface area is 248 Å². The van der Waals surface area contributed by atoms with Crippen LogP contribution in [0.4, 0.5) is 10.8 Å². The number of hydrogen-bond acceptors (Lipinski definition) is 8. The molecule has 0 unspecified atom stereocenters. The average Bonchev–Trinajstić information content (AvgIpc) is 3.55. The predicted octanol–water partition coefficient (Wildman–Crippen LogP) is 5.62. The van der Waals surface area contributed by atoms with Crippen molar-refractivity contribution in [3.63, 3.8) is 0 Å². The summed E-state index contributed by atoms with van der Waals surface area (Å²) in [6, 6.07) is 13.8. The Morgan fingerprint density at radius 3 is 2.67 bits per heavy atom. The van der Waals surface area contributed by atoms with Gasteiger partial charge in [-0.25, -0.2) is 4.79 Å². The van der Waals surface area contributed by atoms with E-state index in [2.05, 4.69) is 38.3 Å². The van der Waals surface area contributed by atoms with Gasteiger partial charge in [0.25, 0.3) is 0 Å². The van der Waals surface area contributed by atoms with Crippen LogP contribution in [0.3, 0.4) is 0 Å². The fourth-order valence-corrected chi connectivity index (χ4v) is 6.68. The van der Waals surface area contributed by atoms with Crippen molar-refractivity contribution in [2.45, 2.75) is 44.6 Å². The zero-order chi connectivity index (χ0) is 29.3. The third-order valence-electron chi connectivity index (χ3n) is 8.58. The Kier molecular flexibility index (Phi) is 7.42. The summed E-state index contributed by atoms with van der Waals surface area (Å²) in [5.74, 6) is 0.744. The summed E-state index contributed by atoms with van der Waals surface area (Å²) >= 11 is 0. The number of benzene rings is 2. The molecular formula is C32H33N5O6. The smallest absolute Gasteiger partial charge is 0.449 e. The Balaban J connectivity index is 1.28. The maximum absolute atomic E-state index is 12.7. The van der Waals surface area contributed by atoms with Crippen molar-refractivity contribution in [1.29, 1.82) is 0 Å². The second-order valence-corrected chi connectivity index (χ2v) is 11.3. The molecule has 3 aliphatic rings. The van der Waals surface area contributed by atoms with E-state index in [1.165, 1.54) is 24.8 Å². The number of carbonyl (C=O) groups is 2. The summed E-state index contributed by atoms with van der Waals surface area (Å²) in [5, 5.41) is 21.6. The first-order valence-corrected chi connectivity index (χ1v) is 14.8. The minimum Gasteiger partial charge on any atom is -0.449 e. The number of carbonyl (C=O) groups excluding carboxylic acids is 1. The summed E-state index contributed by atoms with van der Waals surface area (Å²) in [6.45, 7) is 3.24. The molecule has 11 heteroatoms. The number of allylic oxidation sites excluding steroid dienone is 1. The number of aromatic nitrogens is 3. The Bertz CT molecular complexity index is 1710. The number of hydrogen-bond donors (Lipinski definition) is 2. The molecule has 0 spiro atoms. The number of fused-ring (bicyclic) bond motifs is 5. The first kappa shape index (κ1) is 27.4. The van der Waals surface area contributed by atoms with E-state index in [0.29, 0.717) is 44.7 Å². The highest BCUT2D eigenvalue weighted by Crippen LogP contribution is 2.47. The van der Waals surface area contributed by atoms with E-state index in [1.54, 1.807) is 12.1 Å². The van der Waals surface area contributed by atoms with E-state index >= 15 is 0 Å². The van der Waals surface area contributed by atoms with Gasteiger partial charge in [-0.15, -0.1) is 5.10 Å². The lowest BCUT2D eigenvalue weighted by molar-refractivity contribution is -0.118. The fourth-order valence-electron chi connectivity index (χ4n) is 6.68. The summed E-state index contributed by atoms with van der Waals surface area (Å²) in [7, 11) is 0. The van der Waals surface area contributed by atoms with Crippen molar-refractivity contribution < 1.29 is 28.6 Å². The van der Waals surface area contributed by atoms with Crippen molar-refractivity contribution in [3.05, 3.63) is 59.5 Å². The molecule has 4 aromatic rings. The summed E-state index contributed by atoms with van der Waals surface area (Å²) in [6.07, 6.45) is 6.54. The highest BCUT2D eigenvalue weighted by atomic mass is 16.7. The molecule has 1 saturated carbocycles. The molecule has 7 rings (SSSR count). The van der Waals surface area contributed by atoms with Gasteiger partial charge in [-0.2, -0.15) is 0 Å². The van der Waals surface area contributed by atoms with E-state index in [1.807, 2.05) is 23.1 Å². The summed E-state index contributed by atoms with van der Waals surface area (Å²) in [4.78, 5) is 26.1. The van der Waals surface area contributed by atoms with Crippen LogP contribution >= 0.6 is 0 Å². The first-order valence-electron chi connectivity index (χ1n) is 14.8. The van der Waals surface area contributed by atoms with Gasteiger partial charge >= 0.3 is 12.2 Å². The molecule has 4 heterocycles. The lowest BCUT2D eigenvalue weighted by Gasteiger charge is -2.25. The Hall–Kier alpha value is -4.48. The third-order valence-corrected chi connectivity index (χ3v) is 8.58. The minimum atomic E-state index is -1.35. The number of nitrogens with one attached hydrogen (secondary N) is 1. The number of ether oxygens (including phenoxy) is 2. The summed E-state index contributed by atoms with van der Waals surface area (Å²) in [5.41, 5.74) is 6.19. The molecule has 1 saturated heterocycles. The molecule has 2 aromatic carbocycles. The van der Waals surface area contributed by atoms with Crippen LogP contribution in [0, 0.1) is 0 Å². The van der Waals surface area contributed by atoms with E-state index in [9.17, 15) is 14.7 Å². The SMILES string of the molecule is O=C(CN1CCOCC1)Nc1nnc(C2=Cc3ccccc3-c3c(C4CCCCC4)c4ccc(OC(=O)O)cc4n3C2)o1. The van der Waals surface area contributed by atoms with Crippen LogP contribution in [-0.2, 0) is 16.1 Å². The standard InChI is InChI=1S/C32H33N5O6/c38-27(19-36-12-14-41-15-13-36)33-31-35-34-30(43-31)22-16-21-8-4-5-9-24(21)29-28(20-6-2-1-3-7-20)25-11-10-23(42-32(39)40)17-26(25)37(29)18-22/h4-5,8-11,16-17,20H,1-3,6-7,12-15,18-19H2,(H,39,40)(H,33,35,38). The molecule has 43 heavy (non-hydrogen) atoms. The van der Waals surface area contributed by atoms with E-state index in [4.69, 9.17) is 13.9 Å². The number of rotatable bonds is 6. The van der Waals surface area contributed by atoms with Crippen molar-refractivity contribution in [3.8, 4) is 17.0 Å². The largest absolute Gasteiger partial charge is 0.511 e. The van der Waals surface area contributed by atoms with Crippen LogP contribution < -0.4 is 10.1 Å². The van der Waals surface area contributed by atoms with Gasteiger partial charge in [0.1, 0.15) is 5.75 Å². The number of anilines is 1. The number of morpholine rings is 1. The van der Waals surface area contributed by atoms with Gasteiger partial charge in [0.15, 0.2) is 0 Å². The second kappa shape index (κ2) is 11.7. The number of carboxylic acid groups (broad SMARTS) is 1. The molecule has 2 N–H and O–H groups in total. The molecule has 2 aromatic heterocycles. The maximum atomic E-state index is 12.7. The van der Waals surface area contributed by atoms with Crippen molar-refractivity contribution in [1.82, 2.24) is 19.7 Å². The van der Waals surface area contributed by atoms with Crippen LogP contribution in [0.25, 0.3) is 33.8 Å². The molecule has 11 nitrogen and oxygen atoms in total. The van der Waals surface area contributed by atoms with E-state index in [-0.39, 0.29) is 24.2 Å². The number of nitrogens with zero attached hydrogens (tertiary/aromatic N) is 4. The molecule has 222 valence electrons. The quantitative estimate of drug-likeness (QED) is 0.219. The zero-order valence-corrected chi connectivity index (χ0v) is 23.8. The summed E-state index contributed by atoms with van der Waals surface area (Å²) < 4.78 is 18.6. The first-order chi connectivity index (χ1) is 21.0. The normalized spacial score (nSPS) is 17.5. The van der Waals surface area contributed by atoms with Crippen molar-refractivity contribution in [2.24, 2.45) is 0 Å². The third kappa shape index (κ3) is 5.53. The molecule has 0 radical (unpaired) electrons. The molecular weight excluding hydrogens is 550 g/mol. The van der Waals surface area contributed by atoms with Crippen LogP contribution in [-0.4, -0.2) is 69.7 Å². The van der Waals surface area contributed by atoms with Crippen LogP contribution in [0.2, 0.25) is 0 Å². The molecule has 1 aliphatic carbocycles. The molecule has 0 bridgehead atoms. The van der Waals surface area contributed by atoms with Gasteiger partial charge in [0, 0.05) is 35.7 Å². The van der Waals surface area contributed by atoms with Crippen molar-refractivity contribution in [2.75, 3.05) is 38.2 Å². The Morgan fingerprint density at radius 1 is 1.05 bits per heavy atom. The molecule has 0 atom stereocenters. The minimum absolute atomic E-state index is 0.0457. The number of amides is 1. The zero-order valence-electron chi connectivity index (χ0n) is 23.8. The highest BCUT2D eigenvalue weighted by Gasteiger charge is 2.30. The van der Waals surface area contributed by atoms with Gasteiger partial charge in [0.05, 0.1) is 37.5 Å². The topological polar surface area (TPSA) is 132 Å². The van der Waals surface area contributed by atoms with E-state index in [0.717, 1.165) is 46.1 Å². The van der Waals surface area contributed by atoms with Crippen molar-refractivity contribution >= 4 is 40.6 Å². The van der Waals surface area contributed by atoms with Crippen LogP contribution in [0.1, 0.15) is 55.0 Å². The maximum Gasteiger partial charge on any atom is 0.511 e. The second-order valence-electron chi connectivity index (χ2n) is 11.3. The van der Waals surface area contributed by atoms with E-state index < -0.39 is 6.16 Å². The fraction of sp³-hybridized carbons (Fsp3) is 0.375. The predicted molar refractivity (Wildman–Crippen MR) is 160 cm³/mol. The highest BCUT2D eigenvalue weighted by molar-refractivity contribution is 5.98. The monoisotopic (exact) mass is 583 g/mol. The molecule has 2 fully saturated rings. The lowest BCUT2D eigenvalue weighted by atomic mass is 9.81. The van der Waals surface area contributed by atoms with Gasteiger partial charge in [-0.3, -0.25) is 15.0 Å². The van der Waals surface area contributed by atoms with Crippen LogP contribution in [0.15, 0.2) is 46.9 Å². The van der Waals surface area contributed by atoms with Gasteiger partial charge in [0.2, 0.25) is 11.8 Å².